The Bertz CT molecular complexity index is 134. The lowest BCUT2D eigenvalue weighted by Gasteiger charge is -2.07. The quantitative estimate of drug-likeness (QED) is 0.422. The second kappa shape index (κ2) is 8.35. The summed E-state index contributed by atoms with van der Waals surface area (Å²) in [5.41, 5.74) is 0. The van der Waals surface area contributed by atoms with Crippen LogP contribution in [0.2, 0.25) is 0 Å². The van der Waals surface area contributed by atoms with E-state index in [1.807, 2.05) is 22.6 Å². The first-order valence-corrected chi connectivity index (χ1v) is 5.05. The molecule has 1 unspecified atom stereocenters. The van der Waals surface area contributed by atoms with Gasteiger partial charge >= 0.3 is 0 Å². The Hall–Kier alpha value is 0.250. The normalized spacial score (nSPS) is 11.9. The van der Waals surface area contributed by atoms with Crippen LogP contribution >= 0.6 is 22.6 Å². The van der Waals surface area contributed by atoms with E-state index in [1.54, 1.807) is 0 Å². The third-order valence-electron chi connectivity index (χ3n) is 1.42. The van der Waals surface area contributed by atoms with Crippen molar-refractivity contribution in [1.29, 1.82) is 0 Å². The third-order valence-corrected chi connectivity index (χ3v) is 1.81. The second-order valence-electron chi connectivity index (χ2n) is 2.68. The maximum absolute atomic E-state index is 5.31. The van der Waals surface area contributed by atoms with Crippen LogP contribution in [0.4, 0.5) is 0 Å². The van der Waals surface area contributed by atoms with E-state index < -0.39 is 0 Å². The van der Waals surface area contributed by atoms with E-state index in [0.29, 0.717) is 12.5 Å². The van der Waals surface area contributed by atoms with E-state index in [9.17, 15) is 0 Å². The Kier molecular flexibility index (Phi) is 8.54. The van der Waals surface area contributed by atoms with Crippen LogP contribution in [-0.4, -0.2) is 13.2 Å². The summed E-state index contributed by atoms with van der Waals surface area (Å²) in [5.74, 6) is 3.54. The Morgan fingerprint density at radius 2 is 2.27 bits per heavy atom. The van der Waals surface area contributed by atoms with Gasteiger partial charge in [-0.1, -0.05) is 26.2 Å². The van der Waals surface area contributed by atoms with Gasteiger partial charge in [-0.2, -0.15) is 0 Å². The fourth-order valence-corrected chi connectivity index (χ4v) is 1.07. The van der Waals surface area contributed by atoms with Crippen LogP contribution in [0.15, 0.2) is 0 Å². The van der Waals surface area contributed by atoms with E-state index in [4.69, 9.17) is 4.74 Å². The number of halogens is 1. The SMILES string of the molecule is CCCC(C)COCC#CI. The van der Waals surface area contributed by atoms with Gasteiger partial charge in [-0.05, 0) is 16.3 Å². The molecule has 0 amide bonds. The van der Waals surface area contributed by atoms with E-state index in [-0.39, 0.29) is 0 Å². The maximum atomic E-state index is 5.31. The van der Waals surface area contributed by atoms with Crippen molar-refractivity contribution in [2.24, 2.45) is 5.92 Å². The van der Waals surface area contributed by atoms with E-state index >= 15 is 0 Å². The lowest BCUT2D eigenvalue weighted by atomic mass is 10.1. The van der Waals surface area contributed by atoms with Gasteiger partial charge < -0.3 is 4.74 Å². The number of hydrogen-bond acceptors (Lipinski definition) is 1. The zero-order chi connectivity index (χ0) is 8.53. The van der Waals surface area contributed by atoms with Gasteiger partial charge in [0.15, 0.2) is 0 Å². The monoisotopic (exact) mass is 266 g/mol. The molecule has 0 saturated heterocycles. The molecule has 0 aliphatic rings. The summed E-state index contributed by atoms with van der Waals surface area (Å²) in [4.78, 5) is 0. The Balaban J connectivity index is 3.14. The highest BCUT2D eigenvalue weighted by Crippen LogP contribution is 2.04. The highest BCUT2D eigenvalue weighted by Gasteiger charge is 1.98. The Labute approximate surface area is 83.0 Å². The van der Waals surface area contributed by atoms with Gasteiger partial charge in [-0.15, -0.1) is 0 Å². The van der Waals surface area contributed by atoms with Crippen molar-refractivity contribution < 1.29 is 4.74 Å². The molecule has 0 aromatic heterocycles. The van der Waals surface area contributed by atoms with Crippen LogP contribution in [0.3, 0.4) is 0 Å². The minimum atomic E-state index is 0.580. The van der Waals surface area contributed by atoms with Gasteiger partial charge in [-0.3, -0.25) is 0 Å². The molecule has 0 fully saturated rings. The first kappa shape index (κ1) is 11.2. The molecule has 0 saturated carbocycles. The van der Waals surface area contributed by atoms with Crippen LogP contribution < -0.4 is 0 Å². The predicted molar refractivity (Wildman–Crippen MR) is 56.7 cm³/mol. The van der Waals surface area contributed by atoms with Gasteiger partial charge in [0.25, 0.3) is 0 Å². The molecule has 0 aromatic carbocycles. The van der Waals surface area contributed by atoms with Gasteiger partial charge in [0, 0.05) is 22.6 Å². The highest BCUT2D eigenvalue weighted by molar-refractivity contribution is 14.1. The molecular formula is C9H15IO. The molecule has 64 valence electrons. The first-order chi connectivity index (χ1) is 5.31. The lowest BCUT2D eigenvalue weighted by molar-refractivity contribution is 0.129. The van der Waals surface area contributed by atoms with Gasteiger partial charge in [0.2, 0.25) is 0 Å². The lowest BCUT2D eigenvalue weighted by Crippen LogP contribution is -2.05. The van der Waals surface area contributed by atoms with Crippen LogP contribution in [0.5, 0.6) is 0 Å². The largest absolute Gasteiger partial charge is 0.368 e. The number of rotatable bonds is 5. The van der Waals surface area contributed by atoms with Gasteiger partial charge in [0.1, 0.15) is 6.61 Å². The summed E-state index contributed by atoms with van der Waals surface area (Å²) in [6.45, 7) is 5.83. The van der Waals surface area contributed by atoms with Crippen molar-refractivity contribution in [2.45, 2.75) is 26.7 Å². The summed E-state index contributed by atoms with van der Waals surface area (Å²) in [6.07, 6.45) is 2.49. The molecule has 0 bridgehead atoms. The highest BCUT2D eigenvalue weighted by atomic mass is 127. The molecule has 2 heteroatoms. The zero-order valence-electron chi connectivity index (χ0n) is 7.19. The van der Waals surface area contributed by atoms with Crippen molar-refractivity contribution in [3.63, 3.8) is 0 Å². The first-order valence-electron chi connectivity index (χ1n) is 3.97. The second-order valence-corrected chi connectivity index (χ2v) is 3.22. The molecule has 0 radical (unpaired) electrons. The molecule has 0 N–H and O–H groups in total. The Morgan fingerprint density at radius 3 is 2.82 bits per heavy atom. The Morgan fingerprint density at radius 1 is 1.55 bits per heavy atom. The molecule has 11 heavy (non-hydrogen) atoms. The molecular weight excluding hydrogens is 251 g/mol. The maximum Gasteiger partial charge on any atom is 0.108 e. The molecule has 1 nitrogen and oxygen atoms in total. The minimum Gasteiger partial charge on any atom is -0.368 e. The minimum absolute atomic E-state index is 0.580. The molecule has 0 aliphatic carbocycles. The summed E-state index contributed by atoms with van der Waals surface area (Å²) in [6, 6.07) is 0. The van der Waals surface area contributed by atoms with Crippen molar-refractivity contribution >= 4 is 22.6 Å². The summed E-state index contributed by atoms with van der Waals surface area (Å²) in [7, 11) is 0. The van der Waals surface area contributed by atoms with Crippen molar-refractivity contribution in [3.05, 3.63) is 0 Å². The fraction of sp³-hybridized carbons (Fsp3) is 0.778. The summed E-state index contributed by atoms with van der Waals surface area (Å²) in [5, 5.41) is 0. The third kappa shape index (κ3) is 8.15. The van der Waals surface area contributed by atoms with Crippen molar-refractivity contribution in [3.8, 4) is 9.85 Å². The number of hydrogen-bond donors (Lipinski definition) is 0. The average Bonchev–Trinajstić information content (AvgIpc) is 1.99. The van der Waals surface area contributed by atoms with E-state index in [1.165, 1.54) is 12.8 Å². The van der Waals surface area contributed by atoms with Crippen molar-refractivity contribution in [1.82, 2.24) is 0 Å². The molecule has 0 rings (SSSR count). The van der Waals surface area contributed by atoms with Gasteiger partial charge in [0.05, 0.1) is 6.61 Å². The average molecular weight is 266 g/mol. The van der Waals surface area contributed by atoms with Crippen molar-refractivity contribution in [2.75, 3.05) is 13.2 Å². The zero-order valence-corrected chi connectivity index (χ0v) is 9.35. The van der Waals surface area contributed by atoms with E-state index in [0.717, 1.165) is 6.61 Å². The van der Waals surface area contributed by atoms with Crippen LogP contribution in [-0.2, 0) is 4.74 Å². The van der Waals surface area contributed by atoms with Crippen LogP contribution in [0.1, 0.15) is 26.7 Å². The smallest absolute Gasteiger partial charge is 0.108 e. The standard InChI is InChI=1S/C9H15IO/c1-3-5-9(2)8-11-7-4-6-10/h9H,3,5,7-8H2,1-2H3. The van der Waals surface area contributed by atoms with E-state index in [2.05, 4.69) is 23.7 Å². The molecule has 1 atom stereocenters. The summed E-state index contributed by atoms with van der Waals surface area (Å²) < 4.78 is 8.08. The summed E-state index contributed by atoms with van der Waals surface area (Å²) >= 11 is 2.02. The van der Waals surface area contributed by atoms with Crippen LogP contribution in [0, 0.1) is 15.8 Å². The molecule has 0 heterocycles. The molecule has 0 aliphatic heterocycles. The van der Waals surface area contributed by atoms with Crippen LogP contribution in [0.25, 0.3) is 0 Å². The number of ether oxygens (including phenoxy) is 1. The van der Waals surface area contributed by atoms with Gasteiger partial charge in [-0.25, -0.2) is 0 Å². The molecule has 0 aromatic rings. The topological polar surface area (TPSA) is 9.23 Å². The fourth-order valence-electron chi connectivity index (χ4n) is 0.915. The predicted octanol–water partition coefficient (Wildman–Crippen LogP) is 2.84. The molecule has 0 spiro atoms.